The number of furan rings is 1. The third kappa shape index (κ3) is 3.13. The van der Waals surface area contributed by atoms with E-state index in [-0.39, 0.29) is 0 Å². The number of benzene rings is 2. The first-order valence-corrected chi connectivity index (χ1v) is 9.09. The van der Waals surface area contributed by atoms with Crippen molar-refractivity contribution in [2.75, 3.05) is 0 Å². The van der Waals surface area contributed by atoms with Crippen LogP contribution < -0.4 is 0 Å². The Kier molecular flexibility index (Phi) is 4.80. The van der Waals surface area contributed by atoms with Crippen molar-refractivity contribution in [1.82, 2.24) is 0 Å². The Hall–Kier alpha value is -2.02. The first-order valence-electron chi connectivity index (χ1n) is 9.09. The highest BCUT2D eigenvalue weighted by molar-refractivity contribution is 5.88. The molecule has 0 saturated carbocycles. The molecule has 1 heterocycles. The van der Waals surface area contributed by atoms with Crippen molar-refractivity contribution < 1.29 is 4.42 Å². The summed E-state index contributed by atoms with van der Waals surface area (Å²) in [5.41, 5.74) is 9.17. The molecule has 0 fully saturated rings. The first kappa shape index (κ1) is 16.8. The zero-order chi connectivity index (χ0) is 17.3. The van der Waals surface area contributed by atoms with Crippen molar-refractivity contribution in [3.8, 4) is 0 Å². The highest BCUT2D eigenvalue weighted by atomic mass is 16.3. The van der Waals surface area contributed by atoms with Crippen molar-refractivity contribution in [3.05, 3.63) is 70.0 Å². The van der Waals surface area contributed by atoms with Crippen molar-refractivity contribution in [2.45, 2.75) is 59.8 Å². The molecular weight excluding hydrogens is 292 g/mol. The van der Waals surface area contributed by atoms with Crippen LogP contribution in [0.5, 0.6) is 0 Å². The molecule has 0 unspecified atom stereocenters. The second kappa shape index (κ2) is 6.84. The number of rotatable bonds is 5. The Bertz CT molecular complexity index is 835. The summed E-state index contributed by atoms with van der Waals surface area (Å²) in [5.74, 6) is 0.577. The van der Waals surface area contributed by atoms with Gasteiger partial charge in [-0.15, -0.1) is 0 Å². The molecule has 0 amide bonds. The quantitative estimate of drug-likeness (QED) is 0.509. The molecule has 1 heteroatoms. The molecule has 1 nitrogen and oxygen atoms in total. The van der Waals surface area contributed by atoms with Crippen LogP contribution in [0.15, 0.2) is 41.0 Å². The standard InChI is InChI=1S/C23H28O/c1-6-7-20-14-24-23-21(16(4)12-17(5)22(20)23)13-18-8-10-19(11-9-18)15(2)3/h8-12,14-15H,6-7,13H2,1-5H3. The van der Waals surface area contributed by atoms with E-state index < -0.39 is 0 Å². The zero-order valence-corrected chi connectivity index (χ0v) is 15.6. The van der Waals surface area contributed by atoms with Crippen molar-refractivity contribution in [3.63, 3.8) is 0 Å². The van der Waals surface area contributed by atoms with E-state index in [0.29, 0.717) is 5.92 Å². The van der Waals surface area contributed by atoms with E-state index in [1.54, 1.807) is 0 Å². The highest BCUT2D eigenvalue weighted by Crippen LogP contribution is 2.32. The Labute approximate surface area is 145 Å². The molecule has 0 aliphatic carbocycles. The maximum atomic E-state index is 6.03. The van der Waals surface area contributed by atoms with Crippen LogP contribution in [0.1, 0.15) is 66.5 Å². The van der Waals surface area contributed by atoms with Gasteiger partial charge in [0.25, 0.3) is 0 Å². The van der Waals surface area contributed by atoms with Crippen LogP contribution in [0.25, 0.3) is 11.0 Å². The summed E-state index contributed by atoms with van der Waals surface area (Å²) in [7, 11) is 0. The topological polar surface area (TPSA) is 13.1 Å². The number of aryl methyl sites for hydroxylation is 3. The number of hydrogen-bond acceptors (Lipinski definition) is 1. The first-order chi connectivity index (χ1) is 11.5. The van der Waals surface area contributed by atoms with Crippen molar-refractivity contribution in [2.24, 2.45) is 0 Å². The molecule has 0 aliphatic heterocycles. The minimum Gasteiger partial charge on any atom is -0.464 e. The Morgan fingerprint density at radius 1 is 1.00 bits per heavy atom. The fraction of sp³-hybridized carbons (Fsp3) is 0.391. The largest absolute Gasteiger partial charge is 0.464 e. The van der Waals surface area contributed by atoms with Gasteiger partial charge in [-0.25, -0.2) is 0 Å². The normalized spacial score (nSPS) is 11.6. The fourth-order valence-electron chi connectivity index (χ4n) is 3.61. The number of fused-ring (bicyclic) bond motifs is 1. The summed E-state index contributed by atoms with van der Waals surface area (Å²) < 4.78 is 6.03. The van der Waals surface area contributed by atoms with Gasteiger partial charge in [0.2, 0.25) is 0 Å². The molecule has 126 valence electrons. The van der Waals surface area contributed by atoms with Crippen LogP contribution in [0.3, 0.4) is 0 Å². The highest BCUT2D eigenvalue weighted by Gasteiger charge is 2.15. The molecule has 3 aromatic rings. The van der Waals surface area contributed by atoms with Crippen molar-refractivity contribution in [1.29, 1.82) is 0 Å². The third-order valence-electron chi connectivity index (χ3n) is 4.99. The summed E-state index contributed by atoms with van der Waals surface area (Å²) >= 11 is 0. The van der Waals surface area contributed by atoms with E-state index in [9.17, 15) is 0 Å². The lowest BCUT2D eigenvalue weighted by Gasteiger charge is -2.11. The fourth-order valence-corrected chi connectivity index (χ4v) is 3.61. The van der Waals surface area contributed by atoms with E-state index in [2.05, 4.69) is 65.0 Å². The summed E-state index contributed by atoms with van der Waals surface area (Å²) in [6.45, 7) is 11.1. The smallest absolute Gasteiger partial charge is 0.138 e. The van der Waals surface area contributed by atoms with Crippen LogP contribution in [0.4, 0.5) is 0 Å². The Morgan fingerprint density at radius 3 is 2.33 bits per heavy atom. The molecule has 1 aromatic heterocycles. The molecule has 0 atom stereocenters. The molecular formula is C23H28O. The average molecular weight is 320 g/mol. The third-order valence-corrected chi connectivity index (χ3v) is 4.99. The van der Waals surface area contributed by atoms with Gasteiger partial charge in [0.15, 0.2) is 0 Å². The second-order valence-electron chi connectivity index (χ2n) is 7.28. The summed E-state index contributed by atoms with van der Waals surface area (Å²) in [6.07, 6.45) is 5.12. The average Bonchev–Trinajstić information content (AvgIpc) is 2.96. The van der Waals surface area contributed by atoms with Crippen LogP contribution in [-0.4, -0.2) is 0 Å². The number of hydrogen-bond donors (Lipinski definition) is 0. The maximum absolute atomic E-state index is 6.03. The van der Waals surface area contributed by atoms with Gasteiger partial charge in [0.05, 0.1) is 6.26 Å². The zero-order valence-electron chi connectivity index (χ0n) is 15.6. The van der Waals surface area contributed by atoms with Crippen LogP contribution in [-0.2, 0) is 12.8 Å². The lowest BCUT2D eigenvalue weighted by molar-refractivity contribution is 0.605. The molecule has 0 radical (unpaired) electrons. The van der Waals surface area contributed by atoms with Gasteiger partial charge in [0, 0.05) is 17.4 Å². The molecule has 0 aliphatic rings. The predicted octanol–water partition coefficient (Wildman–Crippen LogP) is 6.72. The van der Waals surface area contributed by atoms with Gasteiger partial charge in [-0.2, -0.15) is 0 Å². The monoisotopic (exact) mass is 320 g/mol. The molecule has 0 N–H and O–H groups in total. The van der Waals surface area contributed by atoms with E-state index >= 15 is 0 Å². The summed E-state index contributed by atoms with van der Waals surface area (Å²) in [4.78, 5) is 0. The van der Waals surface area contributed by atoms with Gasteiger partial charge >= 0.3 is 0 Å². The Balaban J connectivity index is 2.02. The van der Waals surface area contributed by atoms with Gasteiger partial charge in [-0.3, -0.25) is 0 Å². The second-order valence-corrected chi connectivity index (χ2v) is 7.28. The van der Waals surface area contributed by atoms with Crippen molar-refractivity contribution >= 4 is 11.0 Å². The van der Waals surface area contributed by atoms with E-state index in [4.69, 9.17) is 4.42 Å². The van der Waals surface area contributed by atoms with E-state index in [1.807, 2.05) is 6.26 Å². The van der Waals surface area contributed by atoms with Gasteiger partial charge in [0.1, 0.15) is 5.58 Å². The molecule has 2 aromatic carbocycles. The van der Waals surface area contributed by atoms with E-state index in [1.165, 1.54) is 38.8 Å². The molecule has 0 spiro atoms. The lowest BCUT2D eigenvalue weighted by atomic mass is 9.93. The minimum atomic E-state index is 0.577. The van der Waals surface area contributed by atoms with Crippen LogP contribution >= 0.6 is 0 Å². The van der Waals surface area contributed by atoms with Crippen LogP contribution in [0, 0.1) is 13.8 Å². The lowest BCUT2D eigenvalue weighted by Crippen LogP contribution is -1.96. The van der Waals surface area contributed by atoms with Crippen LogP contribution in [0.2, 0.25) is 0 Å². The van der Waals surface area contributed by atoms with Gasteiger partial charge < -0.3 is 4.42 Å². The minimum absolute atomic E-state index is 0.577. The van der Waals surface area contributed by atoms with Gasteiger partial charge in [-0.05, 0) is 54.0 Å². The maximum Gasteiger partial charge on any atom is 0.138 e. The molecule has 0 bridgehead atoms. The van der Waals surface area contributed by atoms with E-state index in [0.717, 1.165) is 24.8 Å². The molecule has 0 saturated heterocycles. The van der Waals surface area contributed by atoms with Gasteiger partial charge in [-0.1, -0.05) is 57.5 Å². The predicted molar refractivity (Wildman–Crippen MR) is 103 cm³/mol. The molecule has 3 rings (SSSR count). The molecule has 24 heavy (non-hydrogen) atoms. The SMILES string of the molecule is CCCc1coc2c(Cc3ccc(C(C)C)cc3)c(C)cc(C)c12. The summed E-state index contributed by atoms with van der Waals surface area (Å²) in [5, 5.41) is 1.33. The summed E-state index contributed by atoms with van der Waals surface area (Å²) in [6, 6.07) is 11.3. The Morgan fingerprint density at radius 2 is 1.71 bits per heavy atom.